The van der Waals surface area contributed by atoms with E-state index in [0.29, 0.717) is 0 Å². The summed E-state index contributed by atoms with van der Waals surface area (Å²) in [6.45, 7) is 4.00. The van der Waals surface area contributed by atoms with Crippen molar-refractivity contribution < 1.29 is 9.72 Å². The molecule has 2 aromatic carbocycles. The third-order valence-corrected chi connectivity index (χ3v) is 3.09. The highest BCUT2D eigenvalue weighted by Gasteiger charge is 2.19. The molecule has 0 aliphatic carbocycles. The van der Waals surface area contributed by atoms with Gasteiger partial charge in [-0.1, -0.05) is 44.2 Å². The first-order valence-electron chi connectivity index (χ1n) is 7.72. The topological polar surface area (TPSA) is 63.5 Å². The Bertz CT molecular complexity index is 723. The number of nitrogens with zero attached hydrogens (tertiary/aromatic N) is 2. The predicted molar refractivity (Wildman–Crippen MR) is 97.0 cm³/mol. The number of carbonyl (C=O) groups excluding carboxylic acids is 1. The van der Waals surface area contributed by atoms with E-state index in [9.17, 15) is 14.9 Å². The normalized spacial score (nSPS) is 10.0. The minimum Gasteiger partial charge on any atom is -0.383 e. The average Bonchev–Trinajstić information content (AvgIpc) is 2.61. The highest BCUT2D eigenvalue weighted by Crippen LogP contribution is 2.27. The van der Waals surface area contributed by atoms with Crippen LogP contribution < -0.4 is 0 Å². The molecule has 0 spiro atoms. The summed E-state index contributed by atoms with van der Waals surface area (Å²) in [7, 11) is 3.55. The van der Waals surface area contributed by atoms with Crippen LogP contribution in [0.5, 0.6) is 0 Å². The van der Waals surface area contributed by atoms with Crippen LogP contribution in [0, 0.1) is 10.1 Å². The fourth-order valence-corrected chi connectivity index (χ4v) is 2.01. The fourth-order valence-electron chi connectivity index (χ4n) is 2.01. The summed E-state index contributed by atoms with van der Waals surface area (Å²) >= 11 is 0. The van der Waals surface area contributed by atoms with E-state index >= 15 is 0 Å². The minimum atomic E-state index is -0.536. The Balaban J connectivity index is 0.00000139. The van der Waals surface area contributed by atoms with Gasteiger partial charge in [0, 0.05) is 32.4 Å². The number of allylic oxidation sites excluding steroid dienone is 1. The Labute approximate surface area is 142 Å². The molecule has 0 saturated carbocycles. The van der Waals surface area contributed by atoms with Crippen molar-refractivity contribution in [1.82, 2.24) is 4.90 Å². The smallest absolute Gasteiger partial charge is 0.280 e. The summed E-state index contributed by atoms with van der Waals surface area (Å²) in [6.07, 6.45) is 2.90. The van der Waals surface area contributed by atoms with E-state index in [1.807, 2.05) is 44.2 Å². The van der Waals surface area contributed by atoms with Crippen LogP contribution in [-0.4, -0.2) is 29.7 Å². The standard InChI is InChI=1S/C17H16N2O3.C2H6/c1-18(2)11-10-17(20)15-12-14(8-9-16(15)19(21)22)13-6-4-3-5-7-13;1-2/h3-12H,1-2H3;1-2H3/b11-10+;. The zero-order valence-corrected chi connectivity index (χ0v) is 14.4. The zero-order chi connectivity index (χ0) is 18.1. The number of nitro benzene ring substituents is 1. The Kier molecular flexibility index (Phi) is 7.36. The second kappa shape index (κ2) is 9.25. The quantitative estimate of drug-likeness (QED) is 0.350. The van der Waals surface area contributed by atoms with E-state index in [2.05, 4.69) is 0 Å². The SMILES string of the molecule is CC.CN(C)/C=C/C(=O)c1cc(-c2ccccc2)ccc1[N+](=O)[O-]. The lowest BCUT2D eigenvalue weighted by molar-refractivity contribution is -0.385. The van der Waals surface area contributed by atoms with Crippen LogP contribution in [0.2, 0.25) is 0 Å². The third kappa shape index (κ3) is 5.05. The van der Waals surface area contributed by atoms with Crippen LogP contribution in [0.15, 0.2) is 60.8 Å². The molecule has 0 aromatic heterocycles. The molecule has 5 heteroatoms. The Morgan fingerprint density at radius 1 is 1.04 bits per heavy atom. The van der Waals surface area contributed by atoms with Gasteiger partial charge in [-0.05, 0) is 23.3 Å². The first kappa shape index (κ1) is 19.1. The van der Waals surface area contributed by atoms with Gasteiger partial charge in [-0.3, -0.25) is 14.9 Å². The summed E-state index contributed by atoms with van der Waals surface area (Å²) in [5.41, 5.74) is 1.58. The van der Waals surface area contributed by atoms with E-state index in [4.69, 9.17) is 0 Å². The molecule has 0 radical (unpaired) electrons. The first-order chi connectivity index (χ1) is 11.5. The Morgan fingerprint density at radius 3 is 2.21 bits per heavy atom. The van der Waals surface area contributed by atoms with Gasteiger partial charge < -0.3 is 4.90 Å². The summed E-state index contributed by atoms with van der Waals surface area (Å²) in [6, 6.07) is 14.0. The van der Waals surface area contributed by atoms with Crippen LogP contribution in [0.25, 0.3) is 11.1 Å². The molecule has 2 aromatic rings. The van der Waals surface area contributed by atoms with Gasteiger partial charge in [0.15, 0.2) is 5.78 Å². The van der Waals surface area contributed by atoms with Gasteiger partial charge in [-0.25, -0.2) is 0 Å². The molecule has 0 N–H and O–H groups in total. The summed E-state index contributed by atoms with van der Waals surface area (Å²) in [4.78, 5) is 24.5. The lowest BCUT2D eigenvalue weighted by Gasteiger charge is -2.06. The molecule has 0 aliphatic rings. The molecular formula is C19H22N2O3. The van der Waals surface area contributed by atoms with E-state index < -0.39 is 10.7 Å². The lowest BCUT2D eigenvalue weighted by Crippen LogP contribution is -2.05. The Hall–Kier alpha value is -2.95. The maximum absolute atomic E-state index is 12.2. The van der Waals surface area contributed by atoms with Gasteiger partial charge in [0.1, 0.15) is 5.56 Å². The molecule has 0 heterocycles. The molecular weight excluding hydrogens is 304 g/mol. The molecule has 5 nitrogen and oxygen atoms in total. The molecule has 0 bridgehead atoms. The van der Waals surface area contributed by atoms with Gasteiger partial charge in [0.2, 0.25) is 0 Å². The van der Waals surface area contributed by atoms with E-state index in [-0.39, 0.29) is 11.3 Å². The zero-order valence-electron chi connectivity index (χ0n) is 14.4. The molecule has 0 aliphatic heterocycles. The highest BCUT2D eigenvalue weighted by molar-refractivity contribution is 6.08. The van der Waals surface area contributed by atoms with Crippen molar-refractivity contribution in [2.24, 2.45) is 0 Å². The van der Waals surface area contributed by atoms with Crippen LogP contribution in [0.1, 0.15) is 24.2 Å². The second-order valence-corrected chi connectivity index (χ2v) is 5.00. The van der Waals surface area contributed by atoms with Crippen LogP contribution in [-0.2, 0) is 0 Å². The van der Waals surface area contributed by atoms with E-state index in [1.54, 1.807) is 37.3 Å². The van der Waals surface area contributed by atoms with Crippen LogP contribution >= 0.6 is 0 Å². The van der Waals surface area contributed by atoms with Crippen LogP contribution in [0.3, 0.4) is 0 Å². The third-order valence-electron chi connectivity index (χ3n) is 3.09. The predicted octanol–water partition coefficient (Wildman–Crippen LogP) is 4.55. The number of nitro groups is 1. The number of hydrogen-bond donors (Lipinski definition) is 0. The van der Waals surface area contributed by atoms with Crippen molar-refractivity contribution in [3.05, 3.63) is 76.5 Å². The number of hydrogen-bond acceptors (Lipinski definition) is 4. The van der Waals surface area contributed by atoms with Crippen molar-refractivity contribution >= 4 is 11.5 Å². The number of rotatable bonds is 5. The molecule has 2 rings (SSSR count). The molecule has 0 atom stereocenters. The first-order valence-corrected chi connectivity index (χ1v) is 7.72. The molecule has 0 fully saturated rings. The van der Waals surface area contributed by atoms with Crippen molar-refractivity contribution in [3.63, 3.8) is 0 Å². The molecule has 0 amide bonds. The molecule has 24 heavy (non-hydrogen) atoms. The molecule has 0 saturated heterocycles. The van der Waals surface area contributed by atoms with Crippen molar-refractivity contribution in [3.8, 4) is 11.1 Å². The largest absolute Gasteiger partial charge is 0.383 e. The summed E-state index contributed by atoms with van der Waals surface area (Å²) in [5.74, 6) is -0.391. The maximum Gasteiger partial charge on any atom is 0.280 e. The number of benzene rings is 2. The number of ketones is 1. The summed E-state index contributed by atoms with van der Waals surface area (Å²) < 4.78 is 0. The van der Waals surface area contributed by atoms with Crippen molar-refractivity contribution in [2.45, 2.75) is 13.8 Å². The molecule has 126 valence electrons. The second-order valence-electron chi connectivity index (χ2n) is 5.00. The van der Waals surface area contributed by atoms with Gasteiger partial charge in [0.05, 0.1) is 4.92 Å². The lowest BCUT2D eigenvalue weighted by atomic mass is 9.99. The van der Waals surface area contributed by atoms with E-state index in [1.165, 1.54) is 12.1 Å². The van der Waals surface area contributed by atoms with Gasteiger partial charge in [-0.2, -0.15) is 0 Å². The molecule has 0 unspecified atom stereocenters. The van der Waals surface area contributed by atoms with Crippen molar-refractivity contribution in [1.29, 1.82) is 0 Å². The van der Waals surface area contributed by atoms with Gasteiger partial charge >= 0.3 is 0 Å². The van der Waals surface area contributed by atoms with E-state index in [0.717, 1.165) is 11.1 Å². The minimum absolute atomic E-state index is 0.0875. The fraction of sp³-hybridized carbons (Fsp3) is 0.211. The maximum atomic E-state index is 12.2. The Morgan fingerprint density at radius 2 is 1.67 bits per heavy atom. The van der Waals surface area contributed by atoms with Gasteiger partial charge in [-0.15, -0.1) is 0 Å². The van der Waals surface area contributed by atoms with Crippen molar-refractivity contribution in [2.75, 3.05) is 14.1 Å². The van der Waals surface area contributed by atoms with Gasteiger partial charge in [0.25, 0.3) is 5.69 Å². The monoisotopic (exact) mass is 326 g/mol. The summed E-state index contributed by atoms with van der Waals surface area (Å²) in [5, 5.41) is 11.1. The average molecular weight is 326 g/mol. The number of carbonyl (C=O) groups is 1. The highest BCUT2D eigenvalue weighted by atomic mass is 16.6. The van der Waals surface area contributed by atoms with Crippen LogP contribution in [0.4, 0.5) is 5.69 Å².